The first-order chi connectivity index (χ1) is 12.0. The summed E-state index contributed by atoms with van der Waals surface area (Å²) in [6.07, 6.45) is 1.04. The molecule has 0 aliphatic carbocycles. The molecule has 0 saturated carbocycles. The second kappa shape index (κ2) is 8.31. The van der Waals surface area contributed by atoms with E-state index in [9.17, 15) is 14.7 Å². The fourth-order valence-corrected chi connectivity index (χ4v) is 2.88. The van der Waals surface area contributed by atoms with Crippen molar-refractivity contribution in [3.05, 3.63) is 63.1 Å². The van der Waals surface area contributed by atoms with Crippen LogP contribution in [0.5, 0.6) is 0 Å². The molecule has 1 atom stereocenters. The molecule has 3 aromatic rings. The lowest BCUT2D eigenvalue weighted by Crippen LogP contribution is -3.00. The van der Waals surface area contributed by atoms with Crippen molar-refractivity contribution < 1.29 is 22.8 Å². The van der Waals surface area contributed by atoms with Gasteiger partial charge in [0.15, 0.2) is 11.2 Å². The first kappa shape index (κ1) is 19.9. The predicted octanol–water partition coefficient (Wildman–Crippen LogP) is -4.27. The van der Waals surface area contributed by atoms with Crippen LogP contribution >= 0.6 is 0 Å². The molecule has 0 radical (unpaired) electrons. The Kier molecular flexibility index (Phi) is 6.36. The van der Waals surface area contributed by atoms with E-state index in [1.165, 1.54) is 11.6 Å². The third-order valence-electron chi connectivity index (χ3n) is 4.37. The zero-order chi connectivity index (χ0) is 18.0. The van der Waals surface area contributed by atoms with Crippen molar-refractivity contribution >= 4 is 11.2 Å². The number of benzene rings is 1. The van der Waals surface area contributed by atoms with E-state index in [0.29, 0.717) is 30.8 Å². The highest BCUT2D eigenvalue weighted by Crippen LogP contribution is 2.09. The van der Waals surface area contributed by atoms with Gasteiger partial charge in [-0.1, -0.05) is 30.3 Å². The van der Waals surface area contributed by atoms with Crippen molar-refractivity contribution in [2.45, 2.75) is 12.6 Å². The van der Waals surface area contributed by atoms with Crippen molar-refractivity contribution in [2.75, 3.05) is 13.1 Å². The van der Waals surface area contributed by atoms with Crippen molar-refractivity contribution in [1.82, 2.24) is 18.7 Å². The van der Waals surface area contributed by atoms with Crippen LogP contribution in [0, 0.1) is 0 Å². The molecule has 3 N–H and O–H groups in total. The van der Waals surface area contributed by atoms with Gasteiger partial charge in [0.2, 0.25) is 0 Å². The van der Waals surface area contributed by atoms with E-state index in [-0.39, 0.29) is 23.7 Å². The van der Waals surface area contributed by atoms with Crippen LogP contribution in [0.15, 0.2) is 46.2 Å². The maximum atomic E-state index is 12.3. The monoisotopic (exact) mass is 379 g/mol. The Labute approximate surface area is 156 Å². The van der Waals surface area contributed by atoms with Gasteiger partial charge in [-0.15, -0.1) is 0 Å². The molecule has 26 heavy (non-hydrogen) atoms. The lowest BCUT2D eigenvalue weighted by Gasteiger charge is -2.10. The van der Waals surface area contributed by atoms with E-state index < -0.39 is 6.10 Å². The summed E-state index contributed by atoms with van der Waals surface area (Å²) < 4.78 is 4.21. The van der Waals surface area contributed by atoms with Crippen LogP contribution in [-0.4, -0.2) is 36.9 Å². The van der Waals surface area contributed by atoms with Gasteiger partial charge >= 0.3 is 5.69 Å². The van der Waals surface area contributed by atoms with E-state index in [1.54, 1.807) is 17.9 Å². The van der Waals surface area contributed by atoms with Crippen molar-refractivity contribution in [2.24, 2.45) is 14.1 Å². The van der Waals surface area contributed by atoms with E-state index >= 15 is 0 Å². The molecule has 2 heterocycles. The number of nitrogens with zero attached hydrogens (tertiary/aromatic N) is 4. The zero-order valence-electron chi connectivity index (χ0n) is 14.7. The number of aromatic nitrogens is 4. The molecule has 9 heteroatoms. The first-order valence-corrected chi connectivity index (χ1v) is 8.16. The molecular formula is C17H22ClN5O3. The summed E-state index contributed by atoms with van der Waals surface area (Å²) in [6.45, 7) is 1.78. The van der Waals surface area contributed by atoms with Crippen LogP contribution in [0.25, 0.3) is 11.2 Å². The minimum atomic E-state index is -0.533. The predicted molar refractivity (Wildman–Crippen MR) is 93.3 cm³/mol. The minimum absolute atomic E-state index is 0. The third kappa shape index (κ3) is 3.72. The van der Waals surface area contributed by atoms with Gasteiger partial charge in [0, 0.05) is 14.1 Å². The van der Waals surface area contributed by atoms with Crippen molar-refractivity contribution in [3.63, 3.8) is 0 Å². The van der Waals surface area contributed by atoms with Gasteiger partial charge in [-0.05, 0) is 5.56 Å². The molecule has 0 spiro atoms. The molecule has 1 unspecified atom stereocenters. The maximum absolute atomic E-state index is 12.3. The van der Waals surface area contributed by atoms with Gasteiger partial charge < -0.3 is 27.4 Å². The molecule has 2 aromatic heterocycles. The van der Waals surface area contributed by atoms with Gasteiger partial charge in [-0.3, -0.25) is 13.9 Å². The smallest absolute Gasteiger partial charge is 0.332 e. The van der Waals surface area contributed by atoms with E-state index in [4.69, 9.17) is 0 Å². The topological polar surface area (TPSA) is 98.7 Å². The normalized spacial score (nSPS) is 12.1. The average Bonchev–Trinajstić information content (AvgIpc) is 3.06. The van der Waals surface area contributed by atoms with E-state index in [0.717, 1.165) is 10.1 Å². The molecule has 0 amide bonds. The van der Waals surface area contributed by atoms with Gasteiger partial charge in [0.1, 0.15) is 12.6 Å². The van der Waals surface area contributed by atoms with Crippen LogP contribution in [0.4, 0.5) is 0 Å². The number of hydrogen-bond acceptors (Lipinski definition) is 4. The molecule has 3 rings (SSSR count). The molecule has 0 aliphatic rings. The zero-order valence-corrected chi connectivity index (χ0v) is 15.4. The lowest BCUT2D eigenvalue weighted by atomic mass is 10.1. The molecule has 8 nitrogen and oxygen atoms in total. The maximum Gasteiger partial charge on any atom is 0.332 e. The second-order valence-corrected chi connectivity index (χ2v) is 6.06. The Hall–Kier alpha value is -2.42. The highest BCUT2D eigenvalue weighted by molar-refractivity contribution is 5.69. The van der Waals surface area contributed by atoms with Crippen molar-refractivity contribution in [1.29, 1.82) is 0 Å². The SMILES string of the molecule is Cn1c(=O)c2c(ncn2CC[NH2+]CC(O)c2ccccc2)n(C)c1=O.[Cl-]. The third-order valence-corrected chi connectivity index (χ3v) is 4.37. The van der Waals surface area contributed by atoms with Gasteiger partial charge in [0.25, 0.3) is 5.56 Å². The molecule has 0 fully saturated rings. The summed E-state index contributed by atoms with van der Waals surface area (Å²) >= 11 is 0. The molecular weight excluding hydrogens is 358 g/mol. The number of quaternary nitrogens is 1. The number of fused-ring (bicyclic) bond motifs is 1. The van der Waals surface area contributed by atoms with Crippen LogP contribution in [0.1, 0.15) is 11.7 Å². The summed E-state index contributed by atoms with van der Waals surface area (Å²) in [7, 11) is 3.06. The second-order valence-electron chi connectivity index (χ2n) is 6.06. The Morgan fingerprint density at radius 2 is 1.85 bits per heavy atom. The van der Waals surface area contributed by atoms with Crippen LogP contribution in [-0.2, 0) is 20.6 Å². The summed E-state index contributed by atoms with van der Waals surface area (Å²) in [5.74, 6) is 0. The number of rotatable bonds is 6. The van der Waals surface area contributed by atoms with E-state index in [2.05, 4.69) is 4.98 Å². The summed E-state index contributed by atoms with van der Waals surface area (Å²) in [5.41, 5.74) is 0.954. The fraction of sp³-hybridized carbons (Fsp3) is 0.353. The largest absolute Gasteiger partial charge is 1.00 e. The number of aliphatic hydroxyl groups is 1. The standard InChI is InChI=1S/C17H21N5O3.ClH/c1-20-15-14(16(24)21(2)17(20)25)22(11-19-15)9-8-18-10-13(23)12-6-4-3-5-7-12;/h3-7,11,13,18,23H,8-10H2,1-2H3;1H. The molecule has 0 aliphatic heterocycles. The lowest BCUT2D eigenvalue weighted by molar-refractivity contribution is -0.662. The number of aryl methyl sites for hydroxylation is 1. The molecule has 0 bridgehead atoms. The Bertz CT molecular complexity index is 993. The van der Waals surface area contributed by atoms with Gasteiger partial charge in [-0.2, -0.15) is 0 Å². The number of hydrogen-bond donors (Lipinski definition) is 2. The minimum Gasteiger partial charge on any atom is -1.00 e. The van der Waals surface area contributed by atoms with Gasteiger partial charge in [-0.25, -0.2) is 9.78 Å². The highest BCUT2D eigenvalue weighted by atomic mass is 35.5. The first-order valence-electron chi connectivity index (χ1n) is 8.16. The quantitative estimate of drug-likeness (QED) is 0.424. The highest BCUT2D eigenvalue weighted by Gasteiger charge is 2.14. The molecule has 1 aromatic carbocycles. The van der Waals surface area contributed by atoms with Crippen LogP contribution < -0.4 is 29.0 Å². The summed E-state index contributed by atoms with van der Waals surface area (Å²) in [6, 6.07) is 9.50. The number of nitrogens with two attached hydrogens (primary N) is 1. The Morgan fingerprint density at radius 3 is 2.54 bits per heavy atom. The van der Waals surface area contributed by atoms with Crippen LogP contribution in [0.3, 0.4) is 0 Å². The summed E-state index contributed by atoms with van der Waals surface area (Å²) in [4.78, 5) is 28.5. The van der Waals surface area contributed by atoms with E-state index in [1.807, 2.05) is 35.6 Å². The number of aliphatic hydroxyl groups excluding tert-OH is 1. The fourth-order valence-electron chi connectivity index (χ4n) is 2.88. The Morgan fingerprint density at radius 1 is 1.15 bits per heavy atom. The Balaban J connectivity index is 0.00000243. The number of halogens is 1. The van der Waals surface area contributed by atoms with Crippen LogP contribution in [0.2, 0.25) is 0 Å². The van der Waals surface area contributed by atoms with Crippen molar-refractivity contribution in [3.8, 4) is 0 Å². The summed E-state index contributed by atoms with van der Waals surface area (Å²) in [5, 5.41) is 12.2. The van der Waals surface area contributed by atoms with Gasteiger partial charge in [0.05, 0.1) is 19.4 Å². The molecule has 140 valence electrons. The number of imidazole rings is 1. The average molecular weight is 380 g/mol. The molecule has 0 saturated heterocycles.